The number of piperazine rings is 1. The molecule has 1 N–H and O–H groups in total. The van der Waals surface area contributed by atoms with Gasteiger partial charge >= 0.3 is 0 Å². The maximum atomic E-state index is 13.2. The van der Waals surface area contributed by atoms with Crippen LogP contribution in [0.2, 0.25) is 5.02 Å². The van der Waals surface area contributed by atoms with Crippen LogP contribution in [0.3, 0.4) is 0 Å². The molecular formula is C32H38ClN3O3. The molecule has 0 spiro atoms. The van der Waals surface area contributed by atoms with E-state index < -0.39 is 5.41 Å². The van der Waals surface area contributed by atoms with Gasteiger partial charge in [0.2, 0.25) is 11.8 Å². The first-order valence-corrected chi connectivity index (χ1v) is 13.8. The fourth-order valence-electron chi connectivity index (χ4n) is 5.15. The lowest BCUT2D eigenvalue weighted by atomic mass is 9.84. The molecular weight excluding hydrogens is 510 g/mol. The minimum Gasteiger partial charge on any atom is -0.497 e. The summed E-state index contributed by atoms with van der Waals surface area (Å²) in [5.74, 6) is 0.832. The number of rotatable bonds is 10. The number of nitrogens with zero attached hydrogens (tertiary/aromatic N) is 2. The number of methoxy groups -OCH3 is 1. The molecule has 0 saturated carbocycles. The van der Waals surface area contributed by atoms with E-state index >= 15 is 0 Å². The molecule has 6 nitrogen and oxygen atoms in total. The average Bonchev–Trinajstić information content (AvgIpc) is 2.94. The summed E-state index contributed by atoms with van der Waals surface area (Å²) in [6.07, 6.45) is 0.629. The van der Waals surface area contributed by atoms with Crippen molar-refractivity contribution >= 4 is 23.4 Å². The summed E-state index contributed by atoms with van der Waals surface area (Å²) in [7, 11) is 1.63. The van der Waals surface area contributed by atoms with Crippen molar-refractivity contribution in [2.24, 2.45) is 5.41 Å². The molecule has 1 fully saturated rings. The second-order valence-corrected chi connectivity index (χ2v) is 11.4. The van der Waals surface area contributed by atoms with Gasteiger partial charge in [0.1, 0.15) is 5.75 Å². The summed E-state index contributed by atoms with van der Waals surface area (Å²) < 4.78 is 5.18. The van der Waals surface area contributed by atoms with E-state index in [2.05, 4.69) is 46.6 Å². The van der Waals surface area contributed by atoms with E-state index in [0.29, 0.717) is 32.5 Å². The van der Waals surface area contributed by atoms with Crippen molar-refractivity contribution in [3.05, 3.63) is 101 Å². The van der Waals surface area contributed by atoms with Gasteiger partial charge in [0.15, 0.2) is 0 Å². The van der Waals surface area contributed by atoms with E-state index in [1.54, 1.807) is 7.11 Å². The first-order chi connectivity index (χ1) is 18.7. The summed E-state index contributed by atoms with van der Waals surface area (Å²) >= 11 is 6.16. The van der Waals surface area contributed by atoms with Gasteiger partial charge in [-0.15, -0.1) is 0 Å². The number of carbonyl (C=O) groups excluding carboxylic acids is 2. The Morgan fingerprint density at radius 1 is 0.872 bits per heavy atom. The molecule has 206 valence electrons. The highest BCUT2D eigenvalue weighted by atomic mass is 35.5. The zero-order valence-electron chi connectivity index (χ0n) is 23.0. The van der Waals surface area contributed by atoms with Crippen LogP contribution in [0.25, 0.3) is 0 Å². The molecule has 1 aliphatic rings. The van der Waals surface area contributed by atoms with Crippen LogP contribution in [0.4, 0.5) is 0 Å². The molecule has 7 heteroatoms. The molecule has 4 rings (SSSR count). The van der Waals surface area contributed by atoms with Crippen LogP contribution in [-0.2, 0) is 16.1 Å². The highest BCUT2D eigenvalue weighted by Gasteiger charge is 2.31. The Morgan fingerprint density at radius 2 is 1.49 bits per heavy atom. The fourth-order valence-corrected chi connectivity index (χ4v) is 5.27. The Bertz CT molecular complexity index is 1220. The van der Waals surface area contributed by atoms with E-state index in [0.717, 1.165) is 29.4 Å². The largest absolute Gasteiger partial charge is 0.497 e. The highest BCUT2D eigenvalue weighted by Crippen LogP contribution is 2.31. The number of halogens is 1. The maximum Gasteiger partial charge on any atom is 0.223 e. The Kier molecular flexibility index (Phi) is 9.65. The average molecular weight is 548 g/mol. The molecule has 0 bridgehead atoms. The standard InChI is InChI=1S/C32H38ClN3O3/c1-32(2,21-29(37)34-23-24-9-15-28(39-3)16-10-24)22-30(38)35-17-19-36(20-18-35)31(25-7-5-4-6-8-25)26-11-13-27(33)14-12-26/h4-16,31H,17-23H2,1-3H3,(H,34,37). The summed E-state index contributed by atoms with van der Waals surface area (Å²) in [5.41, 5.74) is 2.98. The Balaban J connectivity index is 1.30. The van der Waals surface area contributed by atoms with Gasteiger partial charge in [0.05, 0.1) is 13.2 Å². The van der Waals surface area contributed by atoms with Crippen molar-refractivity contribution in [2.75, 3.05) is 33.3 Å². The van der Waals surface area contributed by atoms with Crippen LogP contribution in [0.1, 0.15) is 49.4 Å². The van der Waals surface area contributed by atoms with Crippen LogP contribution >= 0.6 is 11.6 Å². The van der Waals surface area contributed by atoms with Gasteiger partial charge in [0, 0.05) is 50.6 Å². The van der Waals surface area contributed by atoms with Crippen molar-refractivity contribution in [1.29, 1.82) is 0 Å². The van der Waals surface area contributed by atoms with Gasteiger partial charge in [0.25, 0.3) is 0 Å². The SMILES string of the molecule is COc1ccc(CNC(=O)CC(C)(C)CC(=O)N2CCN(C(c3ccccc3)c3ccc(Cl)cc3)CC2)cc1. The molecule has 1 unspecified atom stereocenters. The van der Waals surface area contributed by atoms with E-state index in [-0.39, 0.29) is 17.9 Å². The molecule has 1 saturated heterocycles. The summed E-state index contributed by atoms with van der Waals surface area (Å²) in [4.78, 5) is 30.3. The third-order valence-corrected chi connectivity index (χ3v) is 7.50. The molecule has 1 heterocycles. The molecule has 2 amide bonds. The Labute approximate surface area is 236 Å². The van der Waals surface area contributed by atoms with Crippen LogP contribution in [-0.4, -0.2) is 54.9 Å². The summed E-state index contributed by atoms with van der Waals surface area (Å²) in [5, 5.41) is 3.70. The molecule has 1 aliphatic heterocycles. The normalized spacial score (nSPS) is 15.0. The van der Waals surface area contributed by atoms with E-state index in [4.69, 9.17) is 16.3 Å². The third-order valence-electron chi connectivity index (χ3n) is 7.25. The fraction of sp³-hybridized carbons (Fsp3) is 0.375. The predicted molar refractivity (Wildman–Crippen MR) is 156 cm³/mol. The van der Waals surface area contributed by atoms with Crippen molar-refractivity contribution in [1.82, 2.24) is 15.1 Å². The Hall–Kier alpha value is -3.35. The van der Waals surface area contributed by atoms with E-state index in [9.17, 15) is 9.59 Å². The number of benzene rings is 3. The molecule has 0 aromatic heterocycles. The van der Waals surface area contributed by atoms with Gasteiger partial charge in [-0.2, -0.15) is 0 Å². The predicted octanol–water partition coefficient (Wildman–Crippen LogP) is 5.71. The molecule has 3 aromatic rings. The van der Waals surface area contributed by atoms with Crippen molar-refractivity contribution in [3.8, 4) is 5.75 Å². The monoisotopic (exact) mass is 547 g/mol. The van der Waals surface area contributed by atoms with Crippen molar-refractivity contribution < 1.29 is 14.3 Å². The van der Waals surface area contributed by atoms with E-state index in [1.807, 2.05) is 61.2 Å². The zero-order chi connectivity index (χ0) is 27.8. The second kappa shape index (κ2) is 13.1. The number of nitrogens with one attached hydrogen (secondary N) is 1. The number of hydrogen-bond acceptors (Lipinski definition) is 4. The number of amides is 2. The van der Waals surface area contributed by atoms with Gasteiger partial charge in [-0.3, -0.25) is 14.5 Å². The van der Waals surface area contributed by atoms with Crippen molar-refractivity contribution in [3.63, 3.8) is 0 Å². The summed E-state index contributed by atoms with van der Waals surface area (Å²) in [6, 6.07) is 26.2. The number of carbonyl (C=O) groups is 2. The van der Waals surface area contributed by atoms with Crippen LogP contribution in [0.5, 0.6) is 5.75 Å². The number of ether oxygens (including phenoxy) is 1. The lowest BCUT2D eigenvalue weighted by molar-refractivity contribution is -0.136. The molecule has 1 atom stereocenters. The minimum atomic E-state index is -0.436. The maximum absolute atomic E-state index is 13.2. The number of hydrogen-bond donors (Lipinski definition) is 1. The lowest BCUT2D eigenvalue weighted by Crippen LogP contribution is -2.50. The quantitative estimate of drug-likeness (QED) is 0.353. The first kappa shape index (κ1) is 28.7. The highest BCUT2D eigenvalue weighted by molar-refractivity contribution is 6.30. The van der Waals surface area contributed by atoms with Crippen LogP contribution < -0.4 is 10.1 Å². The Morgan fingerprint density at radius 3 is 2.10 bits per heavy atom. The van der Waals surface area contributed by atoms with Crippen molar-refractivity contribution in [2.45, 2.75) is 39.3 Å². The van der Waals surface area contributed by atoms with Gasteiger partial charge < -0.3 is 15.0 Å². The lowest BCUT2D eigenvalue weighted by Gasteiger charge is -2.40. The first-order valence-electron chi connectivity index (χ1n) is 13.5. The van der Waals surface area contributed by atoms with Gasteiger partial charge in [-0.25, -0.2) is 0 Å². The second-order valence-electron chi connectivity index (χ2n) is 10.9. The topological polar surface area (TPSA) is 61.9 Å². The zero-order valence-corrected chi connectivity index (χ0v) is 23.8. The smallest absolute Gasteiger partial charge is 0.223 e. The van der Waals surface area contributed by atoms with Crippen LogP contribution in [0.15, 0.2) is 78.9 Å². The summed E-state index contributed by atoms with van der Waals surface area (Å²) in [6.45, 7) is 7.30. The van der Waals surface area contributed by atoms with Gasteiger partial charge in [-0.1, -0.05) is 80.0 Å². The third kappa shape index (κ3) is 8.07. The van der Waals surface area contributed by atoms with Crippen LogP contribution in [0, 0.1) is 5.41 Å². The molecule has 0 aliphatic carbocycles. The van der Waals surface area contributed by atoms with E-state index in [1.165, 1.54) is 11.1 Å². The molecule has 3 aromatic carbocycles. The molecule has 0 radical (unpaired) electrons. The molecule has 39 heavy (non-hydrogen) atoms. The minimum absolute atomic E-state index is 0.0536. The van der Waals surface area contributed by atoms with Gasteiger partial charge in [-0.05, 0) is 46.4 Å².